The zero-order valence-corrected chi connectivity index (χ0v) is 9.07. The summed E-state index contributed by atoms with van der Waals surface area (Å²) in [5, 5.41) is 0. The van der Waals surface area contributed by atoms with Gasteiger partial charge >= 0.3 is 0 Å². The van der Waals surface area contributed by atoms with E-state index >= 15 is 0 Å². The van der Waals surface area contributed by atoms with E-state index in [1.807, 2.05) is 19.9 Å². The summed E-state index contributed by atoms with van der Waals surface area (Å²) < 4.78 is 5.14. The van der Waals surface area contributed by atoms with Crippen LogP contribution in [0.15, 0.2) is 17.1 Å². The van der Waals surface area contributed by atoms with Crippen molar-refractivity contribution in [1.82, 2.24) is 0 Å². The first-order valence-electron chi connectivity index (χ1n) is 4.90. The SMILES string of the molecule is COc1cc(C)c2c(c1)C(=O)C(C)C=N2. The number of hydrogen-bond donors (Lipinski definition) is 0. The van der Waals surface area contributed by atoms with Crippen LogP contribution in [-0.4, -0.2) is 19.1 Å². The van der Waals surface area contributed by atoms with Gasteiger partial charge in [-0.2, -0.15) is 0 Å². The van der Waals surface area contributed by atoms with E-state index in [0.717, 1.165) is 11.3 Å². The van der Waals surface area contributed by atoms with Crippen LogP contribution in [0.4, 0.5) is 5.69 Å². The number of hydrogen-bond acceptors (Lipinski definition) is 3. The highest BCUT2D eigenvalue weighted by Crippen LogP contribution is 2.33. The maximum absolute atomic E-state index is 11.9. The lowest BCUT2D eigenvalue weighted by Gasteiger charge is -2.16. The van der Waals surface area contributed by atoms with Gasteiger partial charge in [-0.1, -0.05) is 6.92 Å². The lowest BCUT2D eigenvalue weighted by atomic mass is 9.94. The van der Waals surface area contributed by atoms with Crippen molar-refractivity contribution in [2.75, 3.05) is 7.11 Å². The van der Waals surface area contributed by atoms with Gasteiger partial charge in [-0.25, -0.2) is 0 Å². The van der Waals surface area contributed by atoms with Crippen LogP contribution >= 0.6 is 0 Å². The monoisotopic (exact) mass is 203 g/mol. The standard InChI is InChI=1S/C12H13NO2/c1-7-4-9(15-3)5-10-11(7)13-6-8(2)12(10)14/h4-6,8H,1-3H3. The van der Waals surface area contributed by atoms with Gasteiger partial charge in [0.05, 0.1) is 18.7 Å². The predicted molar refractivity (Wildman–Crippen MR) is 59.4 cm³/mol. The van der Waals surface area contributed by atoms with Crippen molar-refractivity contribution in [3.63, 3.8) is 0 Å². The molecule has 78 valence electrons. The normalized spacial score (nSPS) is 18.9. The van der Waals surface area contributed by atoms with Gasteiger partial charge in [0.1, 0.15) is 5.75 Å². The molecule has 0 fully saturated rings. The highest BCUT2D eigenvalue weighted by atomic mass is 16.5. The number of carbonyl (C=O) groups excluding carboxylic acids is 1. The van der Waals surface area contributed by atoms with Gasteiger partial charge in [-0.15, -0.1) is 0 Å². The summed E-state index contributed by atoms with van der Waals surface area (Å²) >= 11 is 0. The molecule has 0 radical (unpaired) electrons. The number of benzene rings is 1. The van der Waals surface area contributed by atoms with Crippen LogP contribution in [0.1, 0.15) is 22.8 Å². The maximum atomic E-state index is 11.9. The number of methoxy groups -OCH3 is 1. The molecule has 2 rings (SSSR count). The Hall–Kier alpha value is -1.64. The molecule has 1 aliphatic heterocycles. The number of fused-ring (bicyclic) bond motifs is 1. The average molecular weight is 203 g/mol. The second-order valence-corrected chi connectivity index (χ2v) is 3.77. The van der Waals surface area contributed by atoms with Crippen LogP contribution in [0.3, 0.4) is 0 Å². The molecule has 0 aliphatic carbocycles. The lowest BCUT2D eigenvalue weighted by molar-refractivity contribution is 0.0962. The van der Waals surface area contributed by atoms with Crippen LogP contribution in [0.25, 0.3) is 0 Å². The van der Waals surface area contributed by atoms with Gasteiger partial charge in [0.2, 0.25) is 0 Å². The largest absolute Gasteiger partial charge is 0.497 e. The molecule has 0 aromatic heterocycles. The maximum Gasteiger partial charge on any atom is 0.173 e. The predicted octanol–water partition coefficient (Wildman–Crippen LogP) is 2.54. The number of ether oxygens (including phenoxy) is 1. The van der Waals surface area contributed by atoms with Crippen molar-refractivity contribution in [3.8, 4) is 5.75 Å². The number of rotatable bonds is 1. The first kappa shape index (κ1) is 9.90. The van der Waals surface area contributed by atoms with E-state index in [9.17, 15) is 4.79 Å². The molecule has 1 aromatic carbocycles. The third kappa shape index (κ3) is 1.54. The molecule has 0 bridgehead atoms. The number of aryl methyl sites for hydroxylation is 1. The molecule has 1 aromatic rings. The van der Waals surface area contributed by atoms with Crippen molar-refractivity contribution in [3.05, 3.63) is 23.3 Å². The van der Waals surface area contributed by atoms with Crippen molar-refractivity contribution >= 4 is 17.7 Å². The summed E-state index contributed by atoms with van der Waals surface area (Å²) in [4.78, 5) is 16.2. The van der Waals surface area contributed by atoms with Crippen molar-refractivity contribution in [1.29, 1.82) is 0 Å². The smallest absolute Gasteiger partial charge is 0.173 e. The lowest BCUT2D eigenvalue weighted by Crippen LogP contribution is -2.16. The molecule has 1 atom stereocenters. The Morgan fingerprint density at radius 1 is 1.40 bits per heavy atom. The second-order valence-electron chi connectivity index (χ2n) is 3.77. The summed E-state index contributed by atoms with van der Waals surface area (Å²) in [5.41, 5.74) is 2.42. The molecule has 3 nitrogen and oxygen atoms in total. The van der Waals surface area contributed by atoms with E-state index in [1.165, 1.54) is 0 Å². The van der Waals surface area contributed by atoms with E-state index in [-0.39, 0.29) is 11.7 Å². The van der Waals surface area contributed by atoms with E-state index in [2.05, 4.69) is 4.99 Å². The molecule has 1 aliphatic rings. The van der Waals surface area contributed by atoms with Gasteiger partial charge in [0.15, 0.2) is 5.78 Å². The van der Waals surface area contributed by atoms with Crippen molar-refractivity contribution < 1.29 is 9.53 Å². The Morgan fingerprint density at radius 2 is 2.13 bits per heavy atom. The Labute approximate surface area is 88.8 Å². The van der Waals surface area contributed by atoms with E-state index in [1.54, 1.807) is 19.4 Å². The third-order valence-electron chi connectivity index (χ3n) is 2.62. The molecule has 3 heteroatoms. The Balaban J connectivity index is 2.63. The molecule has 15 heavy (non-hydrogen) atoms. The molecular formula is C12H13NO2. The fourth-order valence-electron chi connectivity index (χ4n) is 1.72. The average Bonchev–Trinajstić information content (AvgIpc) is 2.23. The quantitative estimate of drug-likeness (QED) is 0.703. The van der Waals surface area contributed by atoms with Crippen LogP contribution in [0, 0.1) is 12.8 Å². The van der Waals surface area contributed by atoms with Crippen molar-refractivity contribution in [2.24, 2.45) is 10.9 Å². The van der Waals surface area contributed by atoms with Crippen LogP contribution in [0.5, 0.6) is 5.75 Å². The van der Waals surface area contributed by atoms with E-state index in [0.29, 0.717) is 11.3 Å². The number of ketones is 1. The summed E-state index contributed by atoms with van der Waals surface area (Å²) in [6.45, 7) is 3.78. The fraction of sp³-hybridized carbons (Fsp3) is 0.333. The van der Waals surface area contributed by atoms with Gasteiger partial charge in [-0.3, -0.25) is 9.79 Å². The molecule has 0 saturated heterocycles. The number of aliphatic imine (C=N–C) groups is 1. The first-order valence-corrected chi connectivity index (χ1v) is 4.90. The zero-order valence-electron chi connectivity index (χ0n) is 9.07. The Bertz CT molecular complexity index is 449. The van der Waals surface area contributed by atoms with Gasteiger partial charge < -0.3 is 4.74 Å². The topological polar surface area (TPSA) is 38.7 Å². The molecular weight excluding hydrogens is 190 g/mol. The highest BCUT2D eigenvalue weighted by molar-refractivity contribution is 6.12. The number of nitrogens with zero attached hydrogens (tertiary/aromatic N) is 1. The summed E-state index contributed by atoms with van der Waals surface area (Å²) in [6.07, 6.45) is 1.70. The second kappa shape index (κ2) is 3.50. The fourth-order valence-corrected chi connectivity index (χ4v) is 1.72. The molecule has 1 unspecified atom stereocenters. The molecule has 0 spiro atoms. The summed E-state index contributed by atoms with van der Waals surface area (Å²) in [6, 6.07) is 3.65. The van der Waals surface area contributed by atoms with Gasteiger partial charge in [0, 0.05) is 11.8 Å². The zero-order chi connectivity index (χ0) is 11.0. The summed E-state index contributed by atoms with van der Waals surface area (Å²) in [5.74, 6) is 0.690. The van der Waals surface area contributed by atoms with Crippen LogP contribution in [-0.2, 0) is 0 Å². The van der Waals surface area contributed by atoms with Crippen molar-refractivity contribution in [2.45, 2.75) is 13.8 Å². The van der Waals surface area contributed by atoms with E-state index < -0.39 is 0 Å². The van der Waals surface area contributed by atoms with Crippen LogP contribution in [0.2, 0.25) is 0 Å². The minimum absolute atomic E-state index is 0.113. The summed E-state index contributed by atoms with van der Waals surface area (Å²) in [7, 11) is 1.60. The van der Waals surface area contributed by atoms with Gasteiger partial charge in [0.25, 0.3) is 0 Å². The molecule has 0 N–H and O–H groups in total. The van der Waals surface area contributed by atoms with Crippen LogP contribution < -0.4 is 4.74 Å². The third-order valence-corrected chi connectivity index (χ3v) is 2.62. The number of Topliss-reactive ketones (excluding diaryl/α,β-unsaturated/α-hetero) is 1. The molecule has 0 saturated carbocycles. The number of carbonyl (C=O) groups is 1. The Kier molecular flexibility index (Phi) is 2.31. The van der Waals surface area contributed by atoms with Gasteiger partial charge in [-0.05, 0) is 24.6 Å². The minimum Gasteiger partial charge on any atom is -0.497 e. The highest BCUT2D eigenvalue weighted by Gasteiger charge is 2.23. The van der Waals surface area contributed by atoms with E-state index in [4.69, 9.17) is 4.74 Å². The Morgan fingerprint density at radius 3 is 2.80 bits per heavy atom. The first-order chi connectivity index (χ1) is 7.13. The minimum atomic E-state index is -0.135. The molecule has 0 amide bonds. The molecule has 1 heterocycles.